The first-order chi connectivity index (χ1) is 2.50. The van der Waals surface area contributed by atoms with Crippen LogP contribution in [0.25, 0.3) is 0 Å². The summed E-state index contributed by atoms with van der Waals surface area (Å²) in [6, 6.07) is 0. The summed E-state index contributed by atoms with van der Waals surface area (Å²) in [6.45, 7) is 0. The summed E-state index contributed by atoms with van der Waals surface area (Å²) in [7, 11) is 0. The standard InChI is InChI=1S/C5H5.2Ni/c1-2-4-5-3-1;;/h1-5H;;. The van der Waals surface area contributed by atoms with Gasteiger partial charge in [0.25, 0.3) is 0 Å². The van der Waals surface area contributed by atoms with Crippen LogP contribution in [0.4, 0.5) is 0 Å². The van der Waals surface area contributed by atoms with Crippen LogP contribution in [0, 0.1) is 6.42 Å². The van der Waals surface area contributed by atoms with E-state index in [-0.39, 0.29) is 33.0 Å². The summed E-state index contributed by atoms with van der Waals surface area (Å²) in [5.74, 6) is 0. The van der Waals surface area contributed by atoms with E-state index in [0.29, 0.717) is 0 Å². The molecule has 7 heavy (non-hydrogen) atoms. The molecule has 0 aromatic rings. The molecule has 0 saturated carbocycles. The topological polar surface area (TPSA) is 0 Å². The second-order valence-corrected chi connectivity index (χ2v) is 0.962. The van der Waals surface area contributed by atoms with Crippen LogP contribution in [0.15, 0.2) is 24.3 Å². The molecule has 0 aliphatic heterocycles. The molecule has 0 saturated heterocycles. The molecule has 45 valence electrons. The Bertz CT molecular complexity index is 64.1. The molecule has 0 aromatic heterocycles. The van der Waals surface area contributed by atoms with Crippen LogP contribution < -0.4 is 0 Å². The van der Waals surface area contributed by atoms with Crippen molar-refractivity contribution in [1.29, 1.82) is 0 Å². The van der Waals surface area contributed by atoms with Crippen LogP contribution >= 0.6 is 0 Å². The second kappa shape index (κ2) is 6.47. The summed E-state index contributed by atoms with van der Waals surface area (Å²) in [4.78, 5) is 0. The third-order valence-corrected chi connectivity index (χ3v) is 0.556. The largest absolute Gasteiger partial charge is 0.0767 e. The fourth-order valence-electron chi connectivity index (χ4n) is 0.321. The van der Waals surface area contributed by atoms with Gasteiger partial charge in [0.05, 0.1) is 0 Å². The zero-order chi connectivity index (χ0) is 3.54. The van der Waals surface area contributed by atoms with E-state index in [0.717, 1.165) is 0 Å². The van der Waals surface area contributed by atoms with Gasteiger partial charge in [-0.2, -0.15) is 0 Å². The van der Waals surface area contributed by atoms with E-state index in [1.807, 2.05) is 30.7 Å². The van der Waals surface area contributed by atoms with Crippen LogP contribution in [0.3, 0.4) is 0 Å². The van der Waals surface area contributed by atoms with Gasteiger partial charge in [-0.05, 0) is 0 Å². The third-order valence-electron chi connectivity index (χ3n) is 0.556. The number of allylic oxidation sites excluding steroid dienone is 4. The monoisotopic (exact) mass is 181 g/mol. The first-order valence-corrected chi connectivity index (χ1v) is 1.67. The van der Waals surface area contributed by atoms with E-state index < -0.39 is 0 Å². The van der Waals surface area contributed by atoms with Gasteiger partial charge in [0.1, 0.15) is 0 Å². The molecule has 0 atom stereocenters. The van der Waals surface area contributed by atoms with Crippen LogP contribution in [0.2, 0.25) is 0 Å². The van der Waals surface area contributed by atoms with Gasteiger partial charge in [-0.3, -0.25) is 0 Å². The average molecular weight is 182 g/mol. The van der Waals surface area contributed by atoms with Gasteiger partial charge in [-0.25, -0.2) is 0 Å². The third kappa shape index (κ3) is 4.32. The summed E-state index contributed by atoms with van der Waals surface area (Å²) < 4.78 is 0. The predicted octanol–water partition coefficient (Wildman–Crippen LogP) is 1.31. The maximum atomic E-state index is 2.00. The summed E-state index contributed by atoms with van der Waals surface area (Å²) in [5.41, 5.74) is 0. The Balaban J connectivity index is 0. The number of rotatable bonds is 0. The molecule has 1 aliphatic carbocycles. The zero-order valence-corrected chi connectivity index (χ0v) is 5.49. The van der Waals surface area contributed by atoms with E-state index in [1.54, 1.807) is 0 Å². The fraction of sp³-hybridized carbons (Fsp3) is 0. The van der Waals surface area contributed by atoms with Gasteiger partial charge < -0.3 is 0 Å². The summed E-state index contributed by atoms with van der Waals surface area (Å²) >= 11 is 0. The molecule has 0 bridgehead atoms. The SMILES string of the molecule is [CH]1C=CC=C1.[Ni].[Ni]. The first kappa shape index (κ1) is 10.4. The van der Waals surface area contributed by atoms with Crippen molar-refractivity contribution in [2.45, 2.75) is 0 Å². The Kier molecular flexibility index (Phi) is 9.65. The van der Waals surface area contributed by atoms with Crippen LogP contribution in [0.1, 0.15) is 0 Å². The van der Waals surface area contributed by atoms with Crippen molar-refractivity contribution in [2.75, 3.05) is 0 Å². The molecular weight excluding hydrogens is 177 g/mol. The van der Waals surface area contributed by atoms with Crippen molar-refractivity contribution in [2.24, 2.45) is 0 Å². The van der Waals surface area contributed by atoms with Crippen molar-refractivity contribution >= 4 is 0 Å². The molecule has 0 N–H and O–H groups in total. The Morgan fingerprint density at radius 1 is 0.571 bits per heavy atom. The Morgan fingerprint density at radius 2 is 1.00 bits per heavy atom. The molecule has 0 spiro atoms. The van der Waals surface area contributed by atoms with E-state index >= 15 is 0 Å². The van der Waals surface area contributed by atoms with E-state index in [2.05, 4.69) is 0 Å². The number of hydrogen-bond donors (Lipinski definition) is 0. The van der Waals surface area contributed by atoms with Crippen LogP contribution in [-0.4, -0.2) is 0 Å². The molecule has 0 amide bonds. The predicted molar refractivity (Wildman–Crippen MR) is 22.6 cm³/mol. The van der Waals surface area contributed by atoms with Gasteiger partial charge in [-0.15, -0.1) is 0 Å². The van der Waals surface area contributed by atoms with Crippen LogP contribution in [0.5, 0.6) is 0 Å². The van der Waals surface area contributed by atoms with E-state index in [1.165, 1.54) is 0 Å². The van der Waals surface area contributed by atoms with Gasteiger partial charge in [0, 0.05) is 39.4 Å². The second-order valence-electron chi connectivity index (χ2n) is 0.962. The normalized spacial score (nSPS) is 12.6. The van der Waals surface area contributed by atoms with Crippen LogP contribution in [-0.2, 0) is 33.0 Å². The van der Waals surface area contributed by atoms with Crippen molar-refractivity contribution in [3.05, 3.63) is 30.7 Å². The number of hydrogen-bond acceptors (Lipinski definition) is 0. The Morgan fingerprint density at radius 3 is 1.14 bits per heavy atom. The molecule has 1 aliphatic rings. The van der Waals surface area contributed by atoms with Crippen molar-refractivity contribution in [1.82, 2.24) is 0 Å². The molecule has 0 unspecified atom stereocenters. The fourth-order valence-corrected chi connectivity index (χ4v) is 0.321. The summed E-state index contributed by atoms with van der Waals surface area (Å²) in [6.07, 6.45) is 10.0. The first-order valence-electron chi connectivity index (χ1n) is 1.67. The maximum absolute atomic E-state index is 2.00. The molecule has 2 heteroatoms. The van der Waals surface area contributed by atoms with Crippen molar-refractivity contribution < 1.29 is 33.0 Å². The maximum Gasteiger partial charge on any atom is 0.00506 e. The molecule has 1 rings (SSSR count). The van der Waals surface area contributed by atoms with E-state index in [9.17, 15) is 0 Å². The molecule has 0 nitrogen and oxygen atoms in total. The van der Waals surface area contributed by atoms with Crippen molar-refractivity contribution in [3.8, 4) is 0 Å². The van der Waals surface area contributed by atoms with Gasteiger partial charge in [-0.1, -0.05) is 24.3 Å². The van der Waals surface area contributed by atoms with Gasteiger partial charge in [0.2, 0.25) is 0 Å². The molecular formula is C5H5Ni2. The minimum absolute atomic E-state index is 0. The van der Waals surface area contributed by atoms with E-state index in [4.69, 9.17) is 0 Å². The van der Waals surface area contributed by atoms with Gasteiger partial charge in [0.15, 0.2) is 0 Å². The van der Waals surface area contributed by atoms with Crippen molar-refractivity contribution in [3.63, 3.8) is 0 Å². The molecule has 0 fully saturated rings. The molecule has 0 aromatic carbocycles. The minimum atomic E-state index is 0. The van der Waals surface area contributed by atoms with Gasteiger partial charge >= 0.3 is 0 Å². The quantitative estimate of drug-likeness (QED) is 0.496. The zero-order valence-electron chi connectivity index (χ0n) is 3.52. The Hall–Kier alpha value is 0.467. The smallest absolute Gasteiger partial charge is 0.00506 e. The summed E-state index contributed by atoms with van der Waals surface area (Å²) in [5, 5.41) is 0. The Labute approximate surface area is 63.9 Å². The minimum Gasteiger partial charge on any atom is -0.0767 e. The molecule has 1 radical (unpaired) electrons. The average Bonchev–Trinajstić information content (AvgIpc) is 1.76. The molecule has 0 heterocycles.